The zero-order valence-electron chi connectivity index (χ0n) is 11.3. The molecule has 0 amide bonds. The molecule has 0 aliphatic carbocycles. The van der Waals surface area contributed by atoms with Gasteiger partial charge in [-0.05, 0) is 45.0 Å². The van der Waals surface area contributed by atoms with Crippen molar-refractivity contribution < 1.29 is 14.6 Å². The summed E-state index contributed by atoms with van der Waals surface area (Å²) in [4.78, 5) is 17.4. The second-order valence-corrected chi connectivity index (χ2v) is 4.86. The second-order valence-electron chi connectivity index (χ2n) is 4.86. The monoisotopic (exact) mass is 264 g/mol. The van der Waals surface area contributed by atoms with E-state index in [9.17, 15) is 4.79 Å². The van der Waals surface area contributed by atoms with Crippen molar-refractivity contribution in [2.75, 3.05) is 26.2 Å². The third-order valence-electron chi connectivity index (χ3n) is 3.31. The van der Waals surface area contributed by atoms with E-state index in [1.807, 2.05) is 0 Å². The van der Waals surface area contributed by atoms with Gasteiger partial charge in [0.05, 0.1) is 0 Å². The Morgan fingerprint density at radius 1 is 1.37 bits per heavy atom. The van der Waals surface area contributed by atoms with Gasteiger partial charge in [0, 0.05) is 12.2 Å². The molecule has 1 fully saturated rings. The van der Waals surface area contributed by atoms with E-state index in [2.05, 4.69) is 9.88 Å². The van der Waals surface area contributed by atoms with Crippen LogP contribution in [-0.4, -0.2) is 47.2 Å². The molecular formula is C14H20N2O3. The fourth-order valence-electron chi connectivity index (χ4n) is 2.28. The van der Waals surface area contributed by atoms with Gasteiger partial charge >= 0.3 is 5.97 Å². The van der Waals surface area contributed by atoms with E-state index < -0.39 is 5.97 Å². The van der Waals surface area contributed by atoms with Crippen LogP contribution in [0, 0.1) is 6.92 Å². The van der Waals surface area contributed by atoms with Crippen molar-refractivity contribution >= 4 is 5.97 Å². The van der Waals surface area contributed by atoms with E-state index >= 15 is 0 Å². The van der Waals surface area contributed by atoms with E-state index in [0.717, 1.165) is 19.6 Å². The standard InChI is InChI=1S/C14H20N2O3/c1-11-5-6-12(13(15-11)14(17)18)19-10-9-16-7-3-2-4-8-16/h5-6H,2-4,7-10H2,1H3,(H,17,18). The second kappa shape index (κ2) is 6.52. The third kappa shape index (κ3) is 3.92. The Balaban J connectivity index is 1.89. The molecule has 0 atom stereocenters. The maximum atomic E-state index is 11.1. The lowest BCUT2D eigenvalue weighted by atomic mass is 10.1. The summed E-state index contributed by atoms with van der Waals surface area (Å²) in [6.45, 7) is 5.34. The molecule has 104 valence electrons. The number of aromatic nitrogens is 1. The largest absolute Gasteiger partial charge is 0.490 e. The Morgan fingerprint density at radius 3 is 2.79 bits per heavy atom. The highest BCUT2D eigenvalue weighted by Crippen LogP contribution is 2.17. The number of carboxylic acids is 1. The molecule has 0 saturated carbocycles. The summed E-state index contributed by atoms with van der Waals surface area (Å²) in [5.74, 6) is -0.688. The average molecular weight is 264 g/mol. The van der Waals surface area contributed by atoms with Gasteiger partial charge in [-0.1, -0.05) is 6.42 Å². The molecule has 0 unspecified atom stereocenters. The van der Waals surface area contributed by atoms with Crippen LogP contribution in [0.25, 0.3) is 0 Å². The minimum Gasteiger partial charge on any atom is -0.490 e. The van der Waals surface area contributed by atoms with Gasteiger partial charge in [0.15, 0.2) is 11.4 Å². The van der Waals surface area contributed by atoms with E-state index in [-0.39, 0.29) is 5.69 Å². The van der Waals surface area contributed by atoms with Crippen LogP contribution in [0.1, 0.15) is 35.4 Å². The molecule has 5 nitrogen and oxygen atoms in total. The van der Waals surface area contributed by atoms with Gasteiger partial charge < -0.3 is 9.84 Å². The molecule has 1 aliphatic rings. The molecule has 2 rings (SSSR count). The predicted molar refractivity (Wildman–Crippen MR) is 71.7 cm³/mol. The maximum absolute atomic E-state index is 11.1. The Labute approximate surface area is 113 Å². The summed E-state index contributed by atoms with van der Waals surface area (Å²) in [6, 6.07) is 3.45. The minimum absolute atomic E-state index is 0.00126. The van der Waals surface area contributed by atoms with Crippen LogP contribution in [0.4, 0.5) is 0 Å². The van der Waals surface area contributed by atoms with Crippen LogP contribution in [-0.2, 0) is 0 Å². The fourth-order valence-corrected chi connectivity index (χ4v) is 2.28. The topological polar surface area (TPSA) is 62.7 Å². The Morgan fingerprint density at radius 2 is 2.11 bits per heavy atom. The first-order valence-electron chi connectivity index (χ1n) is 6.73. The lowest BCUT2D eigenvalue weighted by molar-refractivity contribution is 0.0684. The van der Waals surface area contributed by atoms with E-state index in [4.69, 9.17) is 9.84 Å². The number of hydrogen-bond donors (Lipinski definition) is 1. The minimum atomic E-state index is -1.04. The number of piperidine rings is 1. The van der Waals surface area contributed by atoms with Crippen molar-refractivity contribution in [2.24, 2.45) is 0 Å². The van der Waals surface area contributed by atoms with Gasteiger partial charge in [-0.25, -0.2) is 9.78 Å². The van der Waals surface area contributed by atoms with Crippen LogP contribution in [0.15, 0.2) is 12.1 Å². The first kappa shape index (κ1) is 13.8. The smallest absolute Gasteiger partial charge is 0.358 e. The predicted octanol–water partition coefficient (Wildman–Crippen LogP) is 1.95. The summed E-state index contributed by atoms with van der Waals surface area (Å²) in [7, 11) is 0. The van der Waals surface area contributed by atoms with Crippen molar-refractivity contribution in [3.05, 3.63) is 23.5 Å². The normalized spacial score (nSPS) is 16.3. The number of aromatic carboxylic acids is 1. The first-order chi connectivity index (χ1) is 9.16. The molecule has 1 saturated heterocycles. The number of carbonyl (C=O) groups is 1. The molecule has 0 bridgehead atoms. The molecule has 1 aliphatic heterocycles. The van der Waals surface area contributed by atoms with E-state index in [0.29, 0.717) is 18.1 Å². The highest BCUT2D eigenvalue weighted by atomic mass is 16.5. The van der Waals surface area contributed by atoms with Crippen molar-refractivity contribution in [1.29, 1.82) is 0 Å². The van der Waals surface area contributed by atoms with Gasteiger partial charge in [0.2, 0.25) is 0 Å². The van der Waals surface area contributed by atoms with Crippen LogP contribution < -0.4 is 4.74 Å². The highest BCUT2D eigenvalue weighted by Gasteiger charge is 2.14. The fraction of sp³-hybridized carbons (Fsp3) is 0.571. The summed E-state index contributed by atoms with van der Waals surface area (Å²) in [6.07, 6.45) is 3.79. The van der Waals surface area contributed by atoms with Crippen molar-refractivity contribution in [3.63, 3.8) is 0 Å². The number of likely N-dealkylation sites (tertiary alicyclic amines) is 1. The van der Waals surface area contributed by atoms with Crippen molar-refractivity contribution in [2.45, 2.75) is 26.2 Å². The zero-order valence-corrected chi connectivity index (χ0v) is 11.3. The number of pyridine rings is 1. The molecule has 0 radical (unpaired) electrons. The average Bonchev–Trinajstić information content (AvgIpc) is 2.41. The van der Waals surface area contributed by atoms with Crippen LogP contribution >= 0.6 is 0 Å². The van der Waals surface area contributed by atoms with Gasteiger partial charge in [-0.3, -0.25) is 4.90 Å². The Hall–Kier alpha value is -1.62. The van der Waals surface area contributed by atoms with E-state index in [1.54, 1.807) is 19.1 Å². The first-order valence-corrected chi connectivity index (χ1v) is 6.73. The lowest BCUT2D eigenvalue weighted by Gasteiger charge is -2.26. The van der Waals surface area contributed by atoms with Crippen molar-refractivity contribution in [3.8, 4) is 5.75 Å². The molecule has 1 N–H and O–H groups in total. The van der Waals surface area contributed by atoms with Crippen LogP contribution in [0.2, 0.25) is 0 Å². The summed E-state index contributed by atoms with van der Waals surface area (Å²) in [5, 5.41) is 9.09. The third-order valence-corrected chi connectivity index (χ3v) is 3.31. The maximum Gasteiger partial charge on any atom is 0.358 e. The Bertz CT molecular complexity index is 442. The zero-order chi connectivity index (χ0) is 13.7. The van der Waals surface area contributed by atoms with Gasteiger partial charge in [-0.2, -0.15) is 0 Å². The quantitative estimate of drug-likeness (QED) is 0.880. The summed E-state index contributed by atoms with van der Waals surface area (Å²) in [5.41, 5.74) is 0.680. The summed E-state index contributed by atoms with van der Waals surface area (Å²) >= 11 is 0. The van der Waals surface area contributed by atoms with Gasteiger partial charge in [-0.15, -0.1) is 0 Å². The number of rotatable bonds is 5. The molecule has 5 heteroatoms. The molecule has 1 aromatic heterocycles. The molecule has 2 heterocycles. The highest BCUT2D eigenvalue weighted by molar-refractivity contribution is 5.88. The van der Waals surface area contributed by atoms with E-state index in [1.165, 1.54) is 19.3 Å². The molecule has 0 aromatic carbocycles. The number of carboxylic acid groups (broad SMARTS) is 1. The number of aryl methyl sites for hydroxylation is 1. The molecule has 19 heavy (non-hydrogen) atoms. The molecule has 1 aromatic rings. The SMILES string of the molecule is Cc1ccc(OCCN2CCCCC2)c(C(=O)O)n1. The number of hydrogen-bond acceptors (Lipinski definition) is 4. The number of nitrogens with zero attached hydrogens (tertiary/aromatic N) is 2. The van der Waals surface area contributed by atoms with Crippen LogP contribution in [0.5, 0.6) is 5.75 Å². The number of ether oxygens (including phenoxy) is 1. The van der Waals surface area contributed by atoms with Gasteiger partial charge in [0.1, 0.15) is 6.61 Å². The molecular weight excluding hydrogens is 244 g/mol. The van der Waals surface area contributed by atoms with Crippen LogP contribution in [0.3, 0.4) is 0 Å². The lowest BCUT2D eigenvalue weighted by Crippen LogP contribution is -2.33. The van der Waals surface area contributed by atoms with Crippen molar-refractivity contribution in [1.82, 2.24) is 9.88 Å². The summed E-state index contributed by atoms with van der Waals surface area (Å²) < 4.78 is 5.57. The molecule has 0 spiro atoms. The Kier molecular flexibility index (Phi) is 4.74. The van der Waals surface area contributed by atoms with Gasteiger partial charge in [0.25, 0.3) is 0 Å².